The van der Waals surface area contributed by atoms with Gasteiger partial charge in [-0.1, -0.05) is 72.8 Å². The number of benzene rings is 3. The number of ether oxygens (including phenoxy) is 1. The van der Waals surface area contributed by atoms with Crippen molar-refractivity contribution in [1.29, 1.82) is 0 Å². The second-order valence-corrected chi connectivity index (χ2v) is 12.2. The molecule has 0 heterocycles. The molecule has 0 bridgehead atoms. The van der Waals surface area contributed by atoms with Gasteiger partial charge in [-0.3, -0.25) is 4.79 Å². The van der Waals surface area contributed by atoms with Gasteiger partial charge in [-0.15, -0.1) is 0 Å². The Bertz CT molecular complexity index is 1110. The van der Waals surface area contributed by atoms with Crippen LogP contribution in [0.1, 0.15) is 25.7 Å². The van der Waals surface area contributed by atoms with Gasteiger partial charge >= 0.3 is 0 Å². The number of hydrogen-bond acceptors (Lipinski definition) is 2. The third kappa shape index (κ3) is 4.31. The Balaban J connectivity index is 1.60. The zero-order chi connectivity index (χ0) is 23.2. The number of rotatable bonds is 8. The molecule has 1 unspecified atom stereocenters. The van der Waals surface area contributed by atoms with E-state index in [1.807, 2.05) is 18.2 Å². The van der Waals surface area contributed by atoms with E-state index < -0.39 is 7.26 Å². The summed E-state index contributed by atoms with van der Waals surface area (Å²) in [5.74, 6) is 1.23. The molecule has 170 valence electrons. The van der Waals surface area contributed by atoms with E-state index in [0.29, 0.717) is 13.0 Å². The van der Waals surface area contributed by atoms with E-state index in [0.717, 1.165) is 25.0 Å². The van der Waals surface area contributed by atoms with Gasteiger partial charge in [0.05, 0.1) is 6.61 Å². The lowest BCUT2D eigenvalue weighted by Crippen LogP contribution is -2.32. The van der Waals surface area contributed by atoms with E-state index in [1.54, 1.807) is 6.08 Å². The molecule has 0 fully saturated rings. The van der Waals surface area contributed by atoms with Crippen LogP contribution in [0.2, 0.25) is 0 Å². The third-order valence-electron chi connectivity index (χ3n) is 6.76. The number of hydrogen-bond donors (Lipinski definition) is 0. The molecule has 0 radical (unpaired) electrons. The Morgan fingerprint density at radius 1 is 0.735 bits per heavy atom. The third-order valence-corrected chi connectivity index (χ3v) is 11.3. The van der Waals surface area contributed by atoms with Crippen LogP contribution in [0.4, 0.5) is 0 Å². The highest BCUT2D eigenvalue weighted by atomic mass is 31.2. The highest BCUT2D eigenvalue weighted by Crippen LogP contribution is 2.66. The van der Waals surface area contributed by atoms with Crippen molar-refractivity contribution in [2.24, 2.45) is 5.92 Å². The summed E-state index contributed by atoms with van der Waals surface area (Å²) < 4.78 is 6.53. The summed E-state index contributed by atoms with van der Waals surface area (Å²) in [6, 6.07) is 32.9. The zero-order valence-corrected chi connectivity index (χ0v) is 20.2. The second-order valence-electron chi connectivity index (χ2n) is 8.79. The van der Waals surface area contributed by atoms with Crippen LogP contribution in [0, 0.1) is 5.92 Å². The molecule has 0 amide bonds. The minimum absolute atomic E-state index is 0.0765. The van der Waals surface area contributed by atoms with Gasteiger partial charge < -0.3 is 4.74 Å². The quantitative estimate of drug-likeness (QED) is 0.376. The van der Waals surface area contributed by atoms with E-state index in [2.05, 4.69) is 91.0 Å². The summed E-state index contributed by atoms with van der Waals surface area (Å²) in [4.78, 5) is 12.2. The van der Waals surface area contributed by atoms with Gasteiger partial charge in [-0.25, -0.2) is 0 Å². The van der Waals surface area contributed by atoms with Crippen molar-refractivity contribution in [3.8, 4) is 0 Å². The number of allylic oxidation sites excluding steroid dienone is 6. The zero-order valence-electron chi connectivity index (χ0n) is 19.3. The smallest absolute Gasteiger partial charge is 0.162 e. The van der Waals surface area contributed by atoms with Crippen molar-refractivity contribution in [2.45, 2.75) is 25.7 Å². The van der Waals surface area contributed by atoms with Crippen LogP contribution in [0.25, 0.3) is 0 Å². The normalized spacial score (nSPS) is 17.9. The van der Waals surface area contributed by atoms with Crippen LogP contribution < -0.4 is 15.9 Å². The van der Waals surface area contributed by atoms with Crippen molar-refractivity contribution in [1.82, 2.24) is 0 Å². The topological polar surface area (TPSA) is 26.3 Å². The average molecular weight is 466 g/mol. The molecule has 1 atom stereocenters. The molecule has 0 N–H and O–H groups in total. The maximum atomic E-state index is 12.2. The summed E-state index contributed by atoms with van der Waals surface area (Å²) in [6.07, 6.45) is 11.2. The number of carbonyl (C=O) groups excluding carboxylic acids is 1. The second kappa shape index (κ2) is 10.4. The van der Waals surface area contributed by atoms with Crippen LogP contribution in [-0.2, 0) is 9.53 Å². The molecule has 2 nitrogen and oxygen atoms in total. The predicted molar refractivity (Wildman–Crippen MR) is 143 cm³/mol. The van der Waals surface area contributed by atoms with Gasteiger partial charge in [-0.05, 0) is 55.3 Å². The monoisotopic (exact) mass is 465 g/mol. The Kier molecular flexibility index (Phi) is 6.88. The van der Waals surface area contributed by atoms with E-state index in [1.165, 1.54) is 21.2 Å². The van der Waals surface area contributed by atoms with E-state index in [9.17, 15) is 4.79 Å². The molecule has 2 aliphatic rings. The molecular formula is C31H30O2P+. The number of carbonyl (C=O) groups is 1. The molecule has 0 aliphatic heterocycles. The van der Waals surface area contributed by atoms with Gasteiger partial charge in [0.1, 0.15) is 34.2 Å². The summed E-state index contributed by atoms with van der Waals surface area (Å²) in [5.41, 5.74) is 0. The van der Waals surface area contributed by atoms with Crippen molar-refractivity contribution in [3.63, 3.8) is 0 Å². The lowest BCUT2D eigenvalue weighted by atomic mass is 9.96. The average Bonchev–Trinajstić information content (AvgIpc) is 3.36. The molecule has 3 aromatic carbocycles. The Morgan fingerprint density at radius 2 is 1.29 bits per heavy atom. The molecule has 5 rings (SSSR count). The van der Waals surface area contributed by atoms with Crippen LogP contribution in [-0.4, -0.2) is 12.4 Å². The Morgan fingerprint density at radius 3 is 1.82 bits per heavy atom. The fraction of sp³-hybridized carbons (Fsp3) is 0.194. The van der Waals surface area contributed by atoms with Gasteiger partial charge in [-0.2, -0.15) is 0 Å². The first-order valence-corrected chi connectivity index (χ1v) is 13.9. The fourth-order valence-corrected chi connectivity index (χ4v) is 9.93. The largest absolute Gasteiger partial charge is 0.494 e. The van der Waals surface area contributed by atoms with Gasteiger partial charge in [0.15, 0.2) is 5.78 Å². The molecule has 0 saturated carbocycles. The van der Waals surface area contributed by atoms with Crippen LogP contribution in [0.5, 0.6) is 0 Å². The van der Waals surface area contributed by atoms with Crippen molar-refractivity contribution in [2.75, 3.05) is 6.61 Å². The molecule has 0 aromatic heterocycles. The number of ketones is 1. The molecule has 34 heavy (non-hydrogen) atoms. The molecule has 2 aliphatic carbocycles. The van der Waals surface area contributed by atoms with Gasteiger partial charge in [0, 0.05) is 18.8 Å². The van der Waals surface area contributed by atoms with Crippen molar-refractivity contribution < 1.29 is 9.53 Å². The predicted octanol–water partition coefficient (Wildman–Crippen LogP) is 6.09. The SMILES string of the molecule is O=C1C=CC=CC1CCOC1=C([P+](c2ccccc2)(c2ccccc2)c2ccccc2)CCC1. The molecular weight excluding hydrogens is 435 g/mol. The lowest BCUT2D eigenvalue weighted by molar-refractivity contribution is -0.117. The van der Waals surface area contributed by atoms with Crippen LogP contribution >= 0.6 is 7.26 Å². The van der Waals surface area contributed by atoms with Gasteiger partial charge in [0.2, 0.25) is 0 Å². The Hall–Kier alpha value is -3.22. The summed E-state index contributed by atoms with van der Waals surface area (Å²) >= 11 is 0. The van der Waals surface area contributed by atoms with Crippen LogP contribution in [0.15, 0.2) is 126 Å². The lowest BCUT2D eigenvalue weighted by Gasteiger charge is -2.29. The summed E-state index contributed by atoms with van der Waals surface area (Å²) in [7, 11) is -2.08. The molecule has 0 spiro atoms. The first kappa shape index (κ1) is 22.6. The first-order valence-electron chi connectivity index (χ1n) is 12.1. The minimum Gasteiger partial charge on any atom is -0.494 e. The van der Waals surface area contributed by atoms with Crippen molar-refractivity contribution >= 4 is 29.0 Å². The molecule has 0 saturated heterocycles. The van der Waals surface area contributed by atoms with E-state index in [-0.39, 0.29) is 11.7 Å². The molecule has 3 aromatic rings. The summed E-state index contributed by atoms with van der Waals surface area (Å²) in [6.45, 7) is 0.561. The summed E-state index contributed by atoms with van der Waals surface area (Å²) in [5, 5.41) is 5.53. The highest BCUT2D eigenvalue weighted by Gasteiger charge is 2.52. The fourth-order valence-electron chi connectivity index (χ4n) is 5.19. The van der Waals surface area contributed by atoms with Crippen molar-refractivity contribution in [3.05, 3.63) is 126 Å². The first-order chi connectivity index (χ1) is 16.8. The van der Waals surface area contributed by atoms with E-state index in [4.69, 9.17) is 4.74 Å². The maximum Gasteiger partial charge on any atom is 0.162 e. The maximum absolute atomic E-state index is 12.2. The highest BCUT2D eigenvalue weighted by molar-refractivity contribution is 7.99. The Labute approximate surface area is 203 Å². The minimum atomic E-state index is -2.08. The molecule has 3 heteroatoms. The standard InChI is InChI=1S/C31H30O2P/c32-29-20-11-10-13-25(29)23-24-33-30-21-12-22-31(30)34(26-14-4-1-5-15-26,27-16-6-2-7-17-27)28-18-8-3-9-19-28/h1-11,13-20,25H,12,21-24H2/q+1. The van der Waals surface area contributed by atoms with Gasteiger partial charge in [0.25, 0.3) is 0 Å². The van der Waals surface area contributed by atoms with E-state index >= 15 is 0 Å². The van der Waals surface area contributed by atoms with Crippen LogP contribution in [0.3, 0.4) is 0 Å².